The van der Waals surface area contributed by atoms with Crippen LogP contribution in [0.3, 0.4) is 0 Å². The molecule has 0 saturated heterocycles. The van der Waals surface area contributed by atoms with E-state index in [2.05, 4.69) is 0 Å². The van der Waals surface area contributed by atoms with Crippen molar-refractivity contribution in [2.75, 3.05) is 14.2 Å². The number of halogens is 2. The Bertz CT molecular complexity index is 198. The summed E-state index contributed by atoms with van der Waals surface area (Å²) in [5.41, 5.74) is 0. The normalized spacial score (nSPS) is 6.92. The first-order valence-corrected chi connectivity index (χ1v) is 3.05. The van der Waals surface area contributed by atoms with Crippen LogP contribution < -0.4 is 34.3 Å². The standard InChI is InChI=1S/C8H10O2.2ClH.Mn/c1-9-7-5-3-4-6-8(7)10-2;;;/h3-6H,1-2H3;2*1H;/q;;;+2/p-2. The van der Waals surface area contributed by atoms with Crippen molar-refractivity contribution < 1.29 is 51.4 Å². The monoisotopic (exact) mass is 263 g/mol. The number of benzene rings is 1. The SMILES string of the molecule is COc1ccccc1OC.[Cl-].[Cl-].[Mn+2]. The van der Waals surface area contributed by atoms with Gasteiger partial charge in [-0.25, -0.2) is 0 Å². The van der Waals surface area contributed by atoms with E-state index in [0.717, 1.165) is 11.5 Å². The van der Waals surface area contributed by atoms with Gasteiger partial charge in [0.1, 0.15) is 0 Å². The van der Waals surface area contributed by atoms with Gasteiger partial charge in [-0.1, -0.05) is 12.1 Å². The van der Waals surface area contributed by atoms with Gasteiger partial charge in [0.15, 0.2) is 11.5 Å². The molecular weight excluding hydrogens is 254 g/mol. The fraction of sp³-hybridized carbons (Fsp3) is 0.250. The van der Waals surface area contributed by atoms with Crippen LogP contribution in [0.4, 0.5) is 0 Å². The number of ether oxygens (including phenoxy) is 2. The van der Waals surface area contributed by atoms with Gasteiger partial charge in [0.25, 0.3) is 0 Å². The van der Waals surface area contributed by atoms with Crippen LogP contribution in [0.5, 0.6) is 11.5 Å². The van der Waals surface area contributed by atoms with Crippen LogP contribution in [0, 0.1) is 0 Å². The summed E-state index contributed by atoms with van der Waals surface area (Å²) in [6.07, 6.45) is 0. The number of rotatable bonds is 2. The topological polar surface area (TPSA) is 18.5 Å². The van der Waals surface area contributed by atoms with Crippen molar-refractivity contribution in [2.24, 2.45) is 0 Å². The van der Waals surface area contributed by atoms with E-state index in [1.807, 2.05) is 24.3 Å². The van der Waals surface area contributed by atoms with Crippen molar-refractivity contribution in [2.45, 2.75) is 0 Å². The fourth-order valence-electron chi connectivity index (χ4n) is 0.787. The third kappa shape index (κ3) is 5.27. The summed E-state index contributed by atoms with van der Waals surface area (Å²) in [7, 11) is 3.25. The average molecular weight is 264 g/mol. The van der Waals surface area contributed by atoms with Crippen molar-refractivity contribution in [3.8, 4) is 11.5 Å². The number of hydrogen-bond donors (Lipinski definition) is 0. The molecule has 0 aliphatic heterocycles. The summed E-state index contributed by atoms with van der Waals surface area (Å²) in [4.78, 5) is 0. The zero-order valence-electron chi connectivity index (χ0n) is 7.26. The molecule has 0 aliphatic rings. The van der Waals surface area contributed by atoms with E-state index < -0.39 is 0 Å². The number of para-hydroxylation sites is 2. The second-order valence-corrected chi connectivity index (χ2v) is 1.85. The molecule has 1 aromatic carbocycles. The minimum absolute atomic E-state index is 0. The molecule has 1 radical (unpaired) electrons. The van der Waals surface area contributed by atoms with Crippen LogP contribution in [0.2, 0.25) is 0 Å². The molecule has 0 N–H and O–H groups in total. The van der Waals surface area contributed by atoms with Gasteiger partial charge in [0.05, 0.1) is 14.2 Å². The second kappa shape index (κ2) is 10.0. The quantitative estimate of drug-likeness (QED) is 0.503. The maximum Gasteiger partial charge on any atom is 2.00 e. The molecule has 0 atom stereocenters. The van der Waals surface area contributed by atoms with E-state index in [1.54, 1.807) is 14.2 Å². The van der Waals surface area contributed by atoms with Gasteiger partial charge in [-0.3, -0.25) is 0 Å². The maximum atomic E-state index is 5.01. The molecule has 0 bridgehead atoms. The Kier molecular flexibility index (Phi) is 14.4. The van der Waals surface area contributed by atoms with Gasteiger partial charge < -0.3 is 34.3 Å². The molecular formula is C8H10Cl2MnO2. The minimum Gasteiger partial charge on any atom is -1.00 e. The van der Waals surface area contributed by atoms with E-state index in [4.69, 9.17) is 9.47 Å². The van der Waals surface area contributed by atoms with Gasteiger partial charge in [-0.15, -0.1) is 0 Å². The van der Waals surface area contributed by atoms with Crippen molar-refractivity contribution in [1.29, 1.82) is 0 Å². The van der Waals surface area contributed by atoms with E-state index in [9.17, 15) is 0 Å². The molecule has 0 aliphatic carbocycles. The Labute approximate surface area is 101 Å². The smallest absolute Gasteiger partial charge is 1.00 e. The minimum atomic E-state index is 0. The van der Waals surface area contributed by atoms with Gasteiger partial charge in [0.2, 0.25) is 0 Å². The van der Waals surface area contributed by atoms with Crippen LogP contribution in [0.25, 0.3) is 0 Å². The second-order valence-electron chi connectivity index (χ2n) is 1.85. The molecule has 5 heteroatoms. The van der Waals surface area contributed by atoms with E-state index in [-0.39, 0.29) is 41.9 Å². The predicted octanol–water partition coefficient (Wildman–Crippen LogP) is -4.29. The molecule has 0 spiro atoms. The Morgan fingerprint density at radius 2 is 1.15 bits per heavy atom. The summed E-state index contributed by atoms with van der Waals surface area (Å²) < 4.78 is 10.0. The predicted molar refractivity (Wildman–Crippen MR) is 39.5 cm³/mol. The first-order chi connectivity index (χ1) is 4.88. The van der Waals surface area contributed by atoms with E-state index >= 15 is 0 Å². The van der Waals surface area contributed by atoms with Crippen LogP contribution in [-0.2, 0) is 17.1 Å². The Morgan fingerprint density at radius 1 is 0.846 bits per heavy atom. The maximum absolute atomic E-state index is 5.01. The third-order valence-electron chi connectivity index (χ3n) is 1.29. The number of methoxy groups -OCH3 is 2. The third-order valence-corrected chi connectivity index (χ3v) is 1.29. The molecule has 75 valence electrons. The molecule has 0 saturated carbocycles. The van der Waals surface area contributed by atoms with Crippen molar-refractivity contribution in [3.05, 3.63) is 24.3 Å². The molecule has 1 aromatic rings. The first-order valence-electron chi connectivity index (χ1n) is 3.05. The fourth-order valence-corrected chi connectivity index (χ4v) is 0.787. The molecule has 2 nitrogen and oxygen atoms in total. The molecule has 0 heterocycles. The largest absolute Gasteiger partial charge is 2.00 e. The van der Waals surface area contributed by atoms with Crippen LogP contribution >= 0.6 is 0 Å². The Morgan fingerprint density at radius 3 is 1.38 bits per heavy atom. The van der Waals surface area contributed by atoms with Crippen LogP contribution in [0.15, 0.2) is 24.3 Å². The van der Waals surface area contributed by atoms with Gasteiger partial charge in [-0.2, -0.15) is 0 Å². The van der Waals surface area contributed by atoms with Crippen molar-refractivity contribution in [1.82, 2.24) is 0 Å². The summed E-state index contributed by atoms with van der Waals surface area (Å²) >= 11 is 0. The van der Waals surface area contributed by atoms with Gasteiger partial charge in [0, 0.05) is 0 Å². The molecule has 0 fully saturated rings. The summed E-state index contributed by atoms with van der Waals surface area (Å²) in [6, 6.07) is 7.53. The Hall–Kier alpha value is -0.0805. The van der Waals surface area contributed by atoms with E-state index in [1.165, 1.54) is 0 Å². The zero-order valence-corrected chi connectivity index (χ0v) is 9.95. The molecule has 0 aromatic heterocycles. The zero-order chi connectivity index (χ0) is 7.40. The molecule has 0 amide bonds. The van der Waals surface area contributed by atoms with Gasteiger partial charge in [-0.05, 0) is 12.1 Å². The summed E-state index contributed by atoms with van der Waals surface area (Å²) in [6.45, 7) is 0. The van der Waals surface area contributed by atoms with Crippen LogP contribution in [-0.4, -0.2) is 14.2 Å². The molecule has 1 rings (SSSR count). The Balaban J connectivity index is -0.000000333. The van der Waals surface area contributed by atoms with E-state index in [0.29, 0.717) is 0 Å². The first kappa shape index (κ1) is 18.7. The average Bonchev–Trinajstić information content (AvgIpc) is 2.04. The van der Waals surface area contributed by atoms with Crippen molar-refractivity contribution in [3.63, 3.8) is 0 Å². The van der Waals surface area contributed by atoms with Crippen molar-refractivity contribution >= 4 is 0 Å². The summed E-state index contributed by atoms with van der Waals surface area (Å²) in [5.74, 6) is 1.54. The number of hydrogen-bond acceptors (Lipinski definition) is 2. The summed E-state index contributed by atoms with van der Waals surface area (Å²) in [5, 5.41) is 0. The van der Waals surface area contributed by atoms with Crippen LogP contribution in [0.1, 0.15) is 0 Å². The molecule has 0 unspecified atom stereocenters. The molecule has 13 heavy (non-hydrogen) atoms. The van der Waals surface area contributed by atoms with Gasteiger partial charge >= 0.3 is 17.1 Å².